The van der Waals surface area contributed by atoms with E-state index in [1.54, 1.807) is 19.1 Å². The summed E-state index contributed by atoms with van der Waals surface area (Å²) < 4.78 is 0. The summed E-state index contributed by atoms with van der Waals surface area (Å²) in [6.07, 6.45) is 0.389. The average Bonchev–Trinajstić information content (AvgIpc) is 2.26. The molecule has 1 amide bonds. The highest BCUT2D eigenvalue weighted by atomic mass is 16.3. The molecule has 0 radical (unpaired) electrons. The Hall–Kier alpha value is -1.39. The van der Waals surface area contributed by atoms with E-state index in [4.69, 9.17) is 5.73 Å². The fourth-order valence-electron chi connectivity index (χ4n) is 1.62. The maximum absolute atomic E-state index is 11.8. The molecule has 100 valence electrons. The molecule has 0 spiro atoms. The molecular weight excluding hydrogens is 228 g/mol. The molecule has 0 aliphatic heterocycles. The Labute approximate surface area is 108 Å². The fourth-order valence-corrected chi connectivity index (χ4v) is 1.62. The van der Waals surface area contributed by atoms with Gasteiger partial charge in [0.25, 0.3) is 0 Å². The Morgan fingerprint density at radius 3 is 2.61 bits per heavy atom. The molecule has 1 aromatic rings. The number of carbonyl (C=O) groups excluding carboxylic acids is 1. The van der Waals surface area contributed by atoms with Crippen LogP contribution >= 0.6 is 0 Å². The molecule has 4 nitrogen and oxygen atoms in total. The highest BCUT2D eigenvalue weighted by Crippen LogP contribution is 2.22. The smallest absolute Gasteiger partial charge is 0.224 e. The molecular formula is C14H22N2O2. The van der Waals surface area contributed by atoms with Crippen molar-refractivity contribution in [1.29, 1.82) is 0 Å². The largest absolute Gasteiger partial charge is 0.389 e. The van der Waals surface area contributed by atoms with Crippen molar-refractivity contribution in [1.82, 2.24) is 0 Å². The quantitative estimate of drug-likeness (QED) is 0.750. The van der Waals surface area contributed by atoms with Gasteiger partial charge in [-0.15, -0.1) is 0 Å². The number of aliphatic hydroxyl groups is 1. The maximum atomic E-state index is 11.8. The van der Waals surface area contributed by atoms with Crippen LogP contribution in [0.15, 0.2) is 24.3 Å². The molecule has 0 aliphatic carbocycles. The maximum Gasteiger partial charge on any atom is 0.224 e. The van der Waals surface area contributed by atoms with Crippen LogP contribution in [0.1, 0.15) is 45.3 Å². The second-order valence-corrected chi connectivity index (χ2v) is 5.30. The van der Waals surface area contributed by atoms with Crippen molar-refractivity contribution in [2.24, 2.45) is 5.73 Å². The van der Waals surface area contributed by atoms with Crippen molar-refractivity contribution in [2.75, 3.05) is 5.32 Å². The third-order valence-electron chi connectivity index (χ3n) is 2.68. The van der Waals surface area contributed by atoms with Gasteiger partial charge in [-0.2, -0.15) is 0 Å². The van der Waals surface area contributed by atoms with Gasteiger partial charge in [-0.05, 0) is 33.3 Å². The van der Waals surface area contributed by atoms with Crippen molar-refractivity contribution < 1.29 is 9.90 Å². The van der Waals surface area contributed by atoms with E-state index in [0.717, 1.165) is 5.56 Å². The predicted octanol–water partition coefficient (Wildman–Crippen LogP) is 2.20. The molecule has 1 atom stereocenters. The number of para-hydroxylation sites is 1. The van der Waals surface area contributed by atoms with Crippen molar-refractivity contribution in [3.63, 3.8) is 0 Å². The Balaban J connectivity index is 2.65. The van der Waals surface area contributed by atoms with Gasteiger partial charge < -0.3 is 16.2 Å². The zero-order valence-electron chi connectivity index (χ0n) is 11.2. The molecule has 0 saturated heterocycles. The molecule has 0 bridgehead atoms. The van der Waals surface area contributed by atoms with Crippen LogP contribution in [0.4, 0.5) is 5.69 Å². The van der Waals surface area contributed by atoms with Crippen LogP contribution in [0.25, 0.3) is 0 Å². The highest BCUT2D eigenvalue weighted by Gasteiger charge is 2.14. The molecule has 1 rings (SSSR count). The molecule has 18 heavy (non-hydrogen) atoms. The fraction of sp³-hybridized carbons (Fsp3) is 0.500. The van der Waals surface area contributed by atoms with E-state index >= 15 is 0 Å². The Kier molecular flexibility index (Phi) is 4.87. The first-order valence-electron chi connectivity index (χ1n) is 6.15. The van der Waals surface area contributed by atoms with E-state index in [-0.39, 0.29) is 11.4 Å². The molecule has 0 fully saturated rings. The first kappa shape index (κ1) is 14.7. The Morgan fingerprint density at radius 1 is 1.44 bits per heavy atom. The van der Waals surface area contributed by atoms with Gasteiger partial charge in [-0.3, -0.25) is 4.79 Å². The first-order chi connectivity index (χ1) is 8.29. The van der Waals surface area contributed by atoms with Crippen LogP contribution < -0.4 is 11.1 Å². The summed E-state index contributed by atoms with van der Waals surface area (Å²) in [7, 11) is 0. The standard InChI is InChI=1S/C14H22N2O2/c1-10(17)11-6-4-5-7-12(11)16-13(18)8-9-14(2,3)15/h4-7,10,17H,8-9,15H2,1-3H3,(H,16,18). The third kappa shape index (κ3) is 4.85. The number of nitrogens with one attached hydrogen (secondary N) is 1. The van der Waals surface area contributed by atoms with E-state index in [1.807, 2.05) is 26.0 Å². The number of carbonyl (C=O) groups is 1. The van der Waals surface area contributed by atoms with Crippen LogP contribution in [-0.4, -0.2) is 16.6 Å². The zero-order chi connectivity index (χ0) is 13.8. The summed E-state index contributed by atoms with van der Waals surface area (Å²) in [6.45, 7) is 5.46. The lowest BCUT2D eigenvalue weighted by Gasteiger charge is -2.18. The first-order valence-corrected chi connectivity index (χ1v) is 6.15. The molecule has 1 unspecified atom stereocenters. The predicted molar refractivity (Wildman–Crippen MR) is 73.2 cm³/mol. The van der Waals surface area contributed by atoms with Crippen molar-refractivity contribution in [2.45, 2.75) is 45.3 Å². The number of rotatable bonds is 5. The Morgan fingerprint density at radius 2 is 2.06 bits per heavy atom. The average molecular weight is 250 g/mol. The number of amides is 1. The lowest BCUT2D eigenvalue weighted by molar-refractivity contribution is -0.116. The number of benzene rings is 1. The zero-order valence-corrected chi connectivity index (χ0v) is 11.2. The van der Waals surface area contributed by atoms with Gasteiger partial charge in [0.2, 0.25) is 5.91 Å². The number of hydrogen-bond acceptors (Lipinski definition) is 3. The van der Waals surface area contributed by atoms with Crippen LogP contribution in [0.2, 0.25) is 0 Å². The SMILES string of the molecule is CC(O)c1ccccc1NC(=O)CCC(C)(C)N. The topological polar surface area (TPSA) is 75.3 Å². The van der Waals surface area contributed by atoms with E-state index in [1.165, 1.54) is 0 Å². The minimum atomic E-state index is -0.604. The van der Waals surface area contributed by atoms with Crippen LogP contribution in [0, 0.1) is 0 Å². The molecule has 0 aromatic heterocycles. The number of nitrogens with two attached hydrogens (primary N) is 1. The Bertz CT molecular complexity index is 409. The summed E-state index contributed by atoms with van der Waals surface area (Å²) in [5, 5.41) is 12.4. The van der Waals surface area contributed by atoms with Crippen LogP contribution in [-0.2, 0) is 4.79 Å². The molecule has 1 aromatic carbocycles. The number of anilines is 1. The highest BCUT2D eigenvalue weighted by molar-refractivity contribution is 5.91. The van der Waals surface area contributed by atoms with Gasteiger partial charge in [-0.1, -0.05) is 18.2 Å². The van der Waals surface area contributed by atoms with Gasteiger partial charge in [0.15, 0.2) is 0 Å². The van der Waals surface area contributed by atoms with E-state index in [2.05, 4.69) is 5.32 Å². The van der Waals surface area contributed by atoms with Crippen molar-refractivity contribution in [3.05, 3.63) is 29.8 Å². The van der Waals surface area contributed by atoms with Crippen LogP contribution in [0.5, 0.6) is 0 Å². The van der Waals surface area contributed by atoms with Gasteiger partial charge in [0.1, 0.15) is 0 Å². The minimum absolute atomic E-state index is 0.0818. The third-order valence-corrected chi connectivity index (χ3v) is 2.68. The molecule has 0 aliphatic rings. The van der Waals surface area contributed by atoms with Crippen molar-refractivity contribution in [3.8, 4) is 0 Å². The van der Waals surface area contributed by atoms with Gasteiger partial charge in [-0.25, -0.2) is 0 Å². The summed E-state index contributed by atoms with van der Waals surface area (Å²) in [5.41, 5.74) is 6.87. The monoisotopic (exact) mass is 250 g/mol. The van der Waals surface area contributed by atoms with E-state index in [0.29, 0.717) is 18.5 Å². The summed E-state index contributed by atoms with van der Waals surface area (Å²) in [5.74, 6) is -0.0818. The number of aliphatic hydroxyl groups excluding tert-OH is 1. The normalized spacial score (nSPS) is 13.2. The second-order valence-electron chi connectivity index (χ2n) is 5.30. The van der Waals surface area contributed by atoms with Crippen LogP contribution in [0.3, 0.4) is 0 Å². The molecule has 4 N–H and O–H groups in total. The van der Waals surface area contributed by atoms with E-state index in [9.17, 15) is 9.90 Å². The van der Waals surface area contributed by atoms with Gasteiger partial charge >= 0.3 is 0 Å². The summed E-state index contributed by atoms with van der Waals surface area (Å²) in [6, 6.07) is 7.25. The number of hydrogen-bond donors (Lipinski definition) is 3. The van der Waals surface area contributed by atoms with Gasteiger partial charge in [0.05, 0.1) is 6.10 Å². The minimum Gasteiger partial charge on any atom is -0.389 e. The lowest BCUT2D eigenvalue weighted by Crippen LogP contribution is -2.33. The molecule has 0 heterocycles. The summed E-state index contributed by atoms with van der Waals surface area (Å²) >= 11 is 0. The molecule has 4 heteroatoms. The lowest BCUT2D eigenvalue weighted by atomic mass is 10.00. The summed E-state index contributed by atoms with van der Waals surface area (Å²) in [4.78, 5) is 11.8. The molecule has 0 saturated carbocycles. The second kappa shape index (κ2) is 5.98. The van der Waals surface area contributed by atoms with Crippen molar-refractivity contribution >= 4 is 11.6 Å². The van der Waals surface area contributed by atoms with Gasteiger partial charge in [0, 0.05) is 23.2 Å². The van der Waals surface area contributed by atoms with E-state index < -0.39 is 6.10 Å².